The Morgan fingerprint density at radius 3 is 2.67 bits per heavy atom. The van der Waals surface area contributed by atoms with Crippen molar-refractivity contribution in [2.45, 2.75) is 11.8 Å². The van der Waals surface area contributed by atoms with Crippen molar-refractivity contribution >= 4 is 15.7 Å². The van der Waals surface area contributed by atoms with E-state index in [0.29, 0.717) is 18.2 Å². The van der Waals surface area contributed by atoms with Crippen LogP contribution in [0.4, 0.5) is 5.69 Å². The maximum absolute atomic E-state index is 12.3. The number of ether oxygens (including phenoxy) is 1. The second-order valence-electron chi connectivity index (χ2n) is 4.03. The molecule has 0 spiro atoms. The van der Waals surface area contributed by atoms with Crippen molar-refractivity contribution in [2.24, 2.45) is 0 Å². The third kappa shape index (κ3) is 3.49. The molecule has 0 radical (unpaired) electrons. The van der Waals surface area contributed by atoms with Gasteiger partial charge >= 0.3 is 0 Å². The van der Waals surface area contributed by atoms with E-state index in [1.807, 2.05) is 13.0 Å². The van der Waals surface area contributed by atoms with Crippen molar-refractivity contribution in [3.05, 3.63) is 48.2 Å². The molecule has 0 aliphatic carbocycles. The lowest BCUT2D eigenvalue weighted by Gasteiger charge is -2.09. The van der Waals surface area contributed by atoms with Crippen LogP contribution in [0.5, 0.6) is 5.88 Å². The molecule has 0 atom stereocenters. The van der Waals surface area contributed by atoms with E-state index < -0.39 is 10.0 Å². The Hall–Kier alpha value is -2.59. The normalized spacial score (nSPS) is 10.7. The van der Waals surface area contributed by atoms with Gasteiger partial charge in [0.25, 0.3) is 10.0 Å². The van der Waals surface area contributed by atoms with Crippen LogP contribution in [-0.4, -0.2) is 20.0 Å². The molecule has 0 aliphatic rings. The van der Waals surface area contributed by atoms with Gasteiger partial charge in [0.1, 0.15) is 11.0 Å². The van der Waals surface area contributed by atoms with Gasteiger partial charge in [-0.2, -0.15) is 5.26 Å². The summed E-state index contributed by atoms with van der Waals surface area (Å²) in [5.41, 5.74) is 0.384. The smallest absolute Gasteiger partial charge is 0.263 e. The highest BCUT2D eigenvalue weighted by molar-refractivity contribution is 7.92. The van der Waals surface area contributed by atoms with Gasteiger partial charge in [0.2, 0.25) is 5.88 Å². The molecule has 0 aliphatic heterocycles. The molecular weight excluding hydrogens is 290 g/mol. The first-order valence-corrected chi connectivity index (χ1v) is 7.66. The van der Waals surface area contributed by atoms with Crippen LogP contribution in [-0.2, 0) is 10.0 Å². The molecular formula is C14H13N3O3S. The van der Waals surface area contributed by atoms with Crippen LogP contribution in [0, 0.1) is 11.3 Å². The number of anilines is 1. The highest BCUT2D eigenvalue weighted by atomic mass is 32.2. The summed E-state index contributed by atoms with van der Waals surface area (Å²) in [5.74, 6) is 0.415. The Balaban J connectivity index is 2.27. The van der Waals surface area contributed by atoms with Crippen molar-refractivity contribution in [1.82, 2.24) is 4.98 Å². The summed E-state index contributed by atoms with van der Waals surface area (Å²) in [7, 11) is -3.83. The van der Waals surface area contributed by atoms with Gasteiger partial charge in [-0.3, -0.25) is 4.72 Å². The topological polar surface area (TPSA) is 92.1 Å². The molecule has 21 heavy (non-hydrogen) atoms. The van der Waals surface area contributed by atoms with E-state index in [1.165, 1.54) is 18.3 Å². The SMILES string of the molecule is CCOc1ccc(NS(=O)(=O)c2ccccc2C#N)cn1. The molecule has 2 rings (SSSR count). The first-order chi connectivity index (χ1) is 10.1. The summed E-state index contributed by atoms with van der Waals surface area (Å²) in [4.78, 5) is 3.91. The molecule has 6 nitrogen and oxygen atoms in total. The molecule has 0 fully saturated rings. The number of pyridine rings is 1. The fourth-order valence-corrected chi connectivity index (χ4v) is 2.88. The first kappa shape index (κ1) is 14.8. The molecule has 1 N–H and O–H groups in total. The summed E-state index contributed by atoms with van der Waals surface area (Å²) >= 11 is 0. The molecule has 0 bridgehead atoms. The summed E-state index contributed by atoms with van der Waals surface area (Å²) in [6, 6.07) is 11.0. The van der Waals surface area contributed by atoms with E-state index >= 15 is 0 Å². The zero-order valence-electron chi connectivity index (χ0n) is 11.3. The van der Waals surface area contributed by atoms with Crippen molar-refractivity contribution in [2.75, 3.05) is 11.3 Å². The number of nitrogens with one attached hydrogen (secondary N) is 1. The van der Waals surface area contributed by atoms with Crippen LogP contribution in [0.25, 0.3) is 0 Å². The maximum atomic E-state index is 12.3. The lowest BCUT2D eigenvalue weighted by Crippen LogP contribution is -2.14. The maximum Gasteiger partial charge on any atom is 0.263 e. The zero-order valence-corrected chi connectivity index (χ0v) is 12.1. The number of rotatable bonds is 5. The number of hydrogen-bond donors (Lipinski definition) is 1. The minimum absolute atomic E-state index is 0.0682. The van der Waals surface area contributed by atoms with Gasteiger partial charge in [-0.05, 0) is 25.1 Å². The van der Waals surface area contributed by atoms with Crippen molar-refractivity contribution in [1.29, 1.82) is 5.26 Å². The zero-order chi connectivity index (χ0) is 15.3. The average Bonchev–Trinajstić information content (AvgIpc) is 2.49. The minimum atomic E-state index is -3.83. The third-order valence-corrected chi connectivity index (χ3v) is 4.02. The highest BCUT2D eigenvalue weighted by Gasteiger charge is 2.18. The number of sulfonamides is 1. The fraction of sp³-hybridized carbons (Fsp3) is 0.143. The van der Waals surface area contributed by atoms with Crippen LogP contribution >= 0.6 is 0 Å². The fourth-order valence-electron chi connectivity index (χ4n) is 1.68. The number of nitriles is 1. The molecule has 1 aromatic carbocycles. The molecule has 1 aromatic heterocycles. The Morgan fingerprint density at radius 2 is 2.05 bits per heavy atom. The van der Waals surface area contributed by atoms with E-state index in [1.54, 1.807) is 24.3 Å². The van der Waals surface area contributed by atoms with Crippen LogP contribution in [0.15, 0.2) is 47.5 Å². The van der Waals surface area contributed by atoms with E-state index in [0.717, 1.165) is 0 Å². The van der Waals surface area contributed by atoms with Crippen LogP contribution < -0.4 is 9.46 Å². The van der Waals surface area contributed by atoms with Gasteiger partial charge < -0.3 is 4.74 Å². The standard InChI is InChI=1S/C14H13N3O3S/c1-2-20-14-8-7-12(10-16-14)17-21(18,19)13-6-4-3-5-11(13)9-15/h3-8,10,17H,2H2,1H3. The monoisotopic (exact) mass is 303 g/mol. The predicted octanol–water partition coefficient (Wildman–Crippen LogP) is 2.15. The molecule has 0 saturated heterocycles. The number of nitrogens with zero attached hydrogens (tertiary/aromatic N) is 2. The average molecular weight is 303 g/mol. The minimum Gasteiger partial charge on any atom is -0.478 e. The van der Waals surface area contributed by atoms with Gasteiger partial charge in [-0.15, -0.1) is 0 Å². The Labute approximate surface area is 123 Å². The summed E-state index contributed by atoms with van der Waals surface area (Å²) in [5, 5.41) is 8.97. The second-order valence-corrected chi connectivity index (χ2v) is 5.68. The van der Waals surface area contributed by atoms with Crippen molar-refractivity contribution in [3.63, 3.8) is 0 Å². The number of benzene rings is 1. The highest BCUT2D eigenvalue weighted by Crippen LogP contribution is 2.19. The van der Waals surface area contributed by atoms with Crippen LogP contribution in [0.1, 0.15) is 12.5 Å². The van der Waals surface area contributed by atoms with Gasteiger partial charge in [0.15, 0.2) is 0 Å². The Kier molecular flexibility index (Phi) is 4.40. The van der Waals surface area contributed by atoms with Crippen LogP contribution in [0.3, 0.4) is 0 Å². The van der Waals surface area contributed by atoms with Gasteiger partial charge in [0.05, 0.1) is 24.1 Å². The summed E-state index contributed by atoms with van der Waals surface area (Å²) in [6.45, 7) is 2.31. The predicted molar refractivity (Wildman–Crippen MR) is 77.4 cm³/mol. The lowest BCUT2D eigenvalue weighted by molar-refractivity contribution is 0.327. The summed E-state index contributed by atoms with van der Waals surface area (Å²) < 4.78 is 32.1. The molecule has 0 saturated carbocycles. The second kappa shape index (κ2) is 6.24. The van der Waals surface area contributed by atoms with E-state index in [2.05, 4.69) is 9.71 Å². The van der Waals surface area contributed by atoms with Crippen molar-refractivity contribution < 1.29 is 13.2 Å². The molecule has 7 heteroatoms. The number of aromatic nitrogens is 1. The van der Waals surface area contributed by atoms with E-state index in [-0.39, 0.29) is 10.5 Å². The lowest BCUT2D eigenvalue weighted by atomic mass is 10.2. The van der Waals surface area contributed by atoms with E-state index in [9.17, 15) is 8.42 Å². The summed E-state index contributed by atoms with van der Waals surface area (Å²) in [6.07, 6.45) is 1.36. The molecule has 1 heterocycles. The molecule has 108 valence electrons. The quantitative estimate of drug-likeness (QED) is 0.913. The van der Waals surface area contributed by atoms with Crippen molar-refractivity contribution in [3.8, 4) is 11.9 Å². The number of hydrogen-bond acceptors (Lipinski definition) is 5. The molecule has 0 amide bonds. The van der Waals surface area contributed by atoms with E-state index in [4.69, 9.17) is 10.00 Å². The van der Waals surface area contributed by atoms with Crippen LogP contribution in [0.2, 0.25) is 0 Å². The van der Waals surface area contributed by atoms with Gasteiger partial charge in [-0.1, -0.05) is 12.1 Å². The largest absolute Gasteiger partial charge is 0.478 e. The Morgan fingerprint density at radius 1 is 1.29 bits per heavy atom. The molecule has 0 unspecified atom stereocenters. The molecule has 2 aromatic rings. The van der Waals surface area contributed by atoms with Gasteiger partial charge in [0, 0.05) is 6.07 Å². The Bertz CT molecular complexity index is 765. The van der Waals surface area contributed by atoms with Gasteiger partial charge in [-0.25, -0.2) is 13.4 Å². The first-order valence-electron chi connectivity index (χ1n) is 6.17. The third-order valence-electron chi connectivity index (χ3n) is 2.58.